The zero-order valence-electron chi connectivity index (χ0n) is 15.5. The second kappa shape index (κ2) is 6.48. The molecule has 0 spiro atoms. The molecule has 0 aliphatic carbocycles. The summed E-state index contributed by atoms with van der Waals surface area (Å²) >= 11 is 3.27. The fourth-order valence-corrected chi connectivity index (χ4v) is 5.89. The van der Waals surface area contributed by atoms with Gasteiger partial charge in [0, 0.05) is 34.2 Å². The lowest BCUT2D eigenvalue weighted by Gasteiger charge is -2.17. The Kier molecular flexibility index (Phi) is 3.74. The van der Waals surface area contributed by atoms with E-state index in [2.05, 4.69) is 35.0 Å². The number of nitro groups is 1. The van der Waals surface area contributed by atoms with Gasteiger partial charge in [-0.1, -0.05) is 42.5 Å². The second-order valence-corrected chi connectivity index (χ2v) is 8.92. The minimum atomic E-state index is -0.357. The highest BCUT2D eigenvalue weighted by Gasteiger charge is 2.27. The fraction of sp³-hybridized carbons (Fsp3) is 0. The maximum absolute atomic E-state index is 11.3. The molecule has 0 amide bonds. The maximum atomic E-state index is 11.3. The van der Waals surface area contributed by atoms with Crippen LogP contribution in [0.1, 0.15) is 0 Å². The molecule has 6 rings (SSSR count). The number of nitro benzene ring substituents is 1. The molecule has 1 N–H and O–H groups in total. The van der Waals surface area contributed by atoms with Crippen LogP contribution in [0.4, 0.5) is 17.1 Å². The number of hydrogen-bond acceptors (Lipinski definition) is 6. The topological polar surface area (TPSA) is 68.1 Å². The monoisotopic (exact) mass is 427 g/mol. The van der Waals surface area contributed by atoms with Gasteiger partial charge in [-0.25, -0.2) is 4.98 Å². The van der Waals surface area contributed by atoms with Gasteiger partial charge in [0.05, 0.1) is 31.7 Å². The number of nitrogens with zero attached hydrogens (tertiary/aromatic N) is 2. The normalized spacial score (nSPS) is 11.9. The average Bonchev–Trinajstić information content (AvgIpc) is 3.40. The molecule has 1 aliphatic heterocycles. The Morgan fingerprint density at radius 3 is 2.60 bits per heavy atom. The Bertz CT molecular complexity index is 1450. The molecule has 30 heavy (non-hydrogen) atoms. The first-order valence-corrected chi connectivity index (χ1v) is 11.0. The van der Waals surface area contributed by atoms with Gasteiger partial charge < -0.3 is 5.32 Å². The predicted octanol–water partition coefficient (Wildman–Crippen LogP) is 7.32. The van der Waals surface area contributed by atoms with Crippen LogP contribution in [0, 0.1) is 10.1 Å². The van der Waals surface area contributed by atoms with E-state index in [9.17, 15) is 10.1 Å². The van der Waals surface area contributed by atoms with E-state index in [0.717, 1.165) is 48.9 Å². The SMILES string of the molecule is O=[N+]([O-])c1cccc(-c2sc3nc(-c4ccccc4)cc4c3c2Nc2ccsc2-4)c1. The van der Waals surface area contributed by atoms with Crippen molar-refractivity contribution in [3.8, 4) is 32.1 Å². The number of hydrogen-bond donors (Lipinski definition) is 1. The zero-order chi connectivity index (χ0) is 20.2. The van der Waals surface area contributed by atoms with Crippen LogP contribution >= 0.6 is 22.7 Å². The largest absolute Gasteiger partial charge is 0.353 e. The van der Waals surface area contributed by atoms with Gasteiger partial charge in [-0.2, -0.15) is 0 Å². The summed E-state index contributed by atoms with van der Waals surface area (Å²) in [6, 6.07) is 21.2. The minimum absolute atomic E-state index is 0.0855. The number of fused-ring (bicyclic) bond motifs is 2. The Morgan fingerprint density at radius 2 is 1.77 bits per heavy atom. The first-order valence-electron chi connectivity index (χ1n) is 9.32. The van der Waals surface area contributed by atoms with Crippen molar-refractivity contribution < 1.29 is 4.92 Å². The summed E-state index contributed by atoms with van der Waals surface area (Å²) in [6.45, 7) is 0. The Labute approximate surface area is 179 Å². The molecular formula is C23H13N3O2S2. The van der Waals surface area contributed by atoms with Gasteiger partial charge in [0.2, 0.25) is 0 Å². The quantitative estimate of drug-likeness (QED) is 0.237. The van der Waals surface area contributed by atoms with Crippen molar-refractivity contribution in [3.63, 3.8) is 0 Å². The average molecular weight is 428 g/mol. The van der Waals surface area contributed by atoms with E-state index in [0.29, 0.717) is 0 Å². The van der Waals surface area contributed by atoms with Crippen LogP contribution in [-0.4, -0.2) is 9.91 Å². The summed E-state index contributed by atoms with van der Waals surface area (Å²) < 4.78 is 0. The van der Waals surface area contributed by atoms with E-state index in [1.807, 2.05) is 24.3 Å². The summed E-state index contributed by atoms with van der Waals surface area (Å²) in [5, 5.41) is 18.0. The van der Waals surface area contributed by atoms with Crippen molar-refractivity contribution in [2.75, 3.05) is 5.32 Å². The van der Waals surface area contributed by atoms with Crippen LogP contribution in [-0.2, 0) is 0 Å². The number of aromatic nitrogens is 1. The predicted molar refractivity (Wildman–Crippen MR) is 124 cm³/mol. The third-order valence-corrected chi connectivity index (χ3v) is 7.30. The third-order valence-electron chi connectivity index (χ3n) is 5.22. The molecule has 0 unspecified atom stereocenters. The molecule has 0 radical (unpaired) electrons. The van der Waals surface area contributed by atoms with E-state index in [1.165, 1.54) is 10.9 Å². The van der Waals surface area contributed by atoms with Gasteiger partial charge in [0.1, 0.15) is 4.83 Å². The van der Waals surface area contributed by atoms with Gasteiger partial charge in [-0.3, -0.25) is 10.1 Å². The van der Waals surface area contributed by atoms with Crippen LogP contribution in [0.15, 0.2) is 72.1 Å². The lowest BCUT2D eigenvalue weighted by atomic mass is 10.00. The molecule has 144 valence electrons. The molecule has 0 bridgehead atoms. The van der Waals surface area contributed by atoms with E-state index in [-0.39, 0.29) is 10.6 Å². The smallest absolute Gasteiger partial charge is 0.270 e. The van der Waals surface area contributed by atoms with Crippen molar-refractivity contribution in [1.29, 1.82) is 0 Å². The van der Waals surface area contributed by atoms with Crippen LogP contribution in [0.25, 0.3) is 42.4 Å². The maximum Gasteiger partial charge on any atom is 0.270 e. The van der Waals surface area contributed by atoms with E-state index < -0.39 is 0 Å². The number of nitrogens with one attached hydrogen (secondary N) is 1. The Balaban J connectivity index is 1.65. The molecule has 0 saturated heterocycles. The van der Waals surface area contributed by atoms with Crippen LogP contribution in [0.3, 0.4) is 0 Å². The lowest BCUT2D eigenvalue weighted by molar-refractivity contribution is -0.384. The summed E-state index contributed by atoms with van der Waals surface area (Å²) in [6.07, 6.45) is 0. The van der Waals surface area contributed by atoms with Crippen LogP contribution in [0.5, 0.6) is 0 Å². The number of pyridine rings is 1. The summed E-state index contributed by atoms with van der Waals surface area (Å²) in [4.78, 5) is 19.0. The summed E-state index contributed by atoms with van der Waals surface area (Å²) in [7, 11) is 0. The standard InChI is InChI=1S/C23H13N3O2S2/c27-26(28)15-8-4-7-14(11-15)21-20-19-16(22-17(24-20)9-10-29-22)12-18(25-23(19)30-21)13-5-2-1-3-6-13/h1-12,24H. The third kappa shape index (κ3) is 2.56. The second-order valence-electron chi connectivity index (χ2n) is 7.00. The van der Waals surface area contributed by atoms with Crippen LogP contribution in [0.2, 0.25) is 0 Å². The molecule has 0 atom stereocenters. The summed E-state index contributed by atoms with van der Waals surface area (Å²) in [5.74, 6) is 0. The number of thiophene rings is 2. The van der Waals surface area contributed by atoms with Crippen molar-refractivity contribution in [2.45, 2.75) is 0 Å². The highest BCUT2D eigenvalue weighted by atomic mass is 32.1. The first-order chi connectivity index (χ1) is 14.7. The van der Waals surface area contributed by atoms with Gasteiger partial charge in [-0.05, 0) is 17.5 Å². The molecule has 0 fully saturated rings. The van der Waals surface area contributed by atoms with Crippen LogP contribution < -0.4 is 5.32 Å². The number of non-ortho nitro benzene ring substituents is 1. The van der Waals surface area contributed by atoms with Gasteiger partial charge in [0.25, 0.3) is 5.69 Å². The van der Waals surface area contributed by atoms with Gasteiger partial charge >= 0.3 is 0 Å². The molecule has 7 heteroatoms. The molecule has 4 heterocycles. The fourth-order valence-electron chi connectivity index (χ4n) is 3.87. The molecular weight excluding hydrogens is 414 g/mol. The van der Waals surface area contributed by atoms with Crippen molar-refractivity contribution in [3.05, 3.63) is 82.2 Å². The molecule has 5 nitrogen and oxygen atoms in total. The molecule has 5 aromatic rings. The number of benzene rings is 2. The van der Waals surface area contributed by atoms with Gasteiger partial charge in [0.15, 0.2) is 0 Å². The Hall–Kier alpha value is -3.55. The first kappa shape index (κ1) is 17.3. The van der Waals surface area contributed by atoms with Crippen molar-refractivity contribution in [1.82, 2.24) is 4.98 Å². The minimum Gasteiger partial charge on any atom is -0.353 e. The highest BCUT2D eigenvalue weighted by Crippen LogP contribution is 2.53. The van der Waals surface area contributed by atoms with E-state index in [4.69, 9.17) is 4.98 Å². The van der Waals surface area contributed by atoms with E-state index >= 15 is 0 Å². The zero-order valence-corrected chi connectivity index (χ0v) is 17.1. The summed E-state index contributed by atoms with van der Waals surface area (Å²) in [5.41, 5.74) is 6.10. The molecule has 3 aromatic heterocycles. The molecule has 0 saturated carbocycles. The highest BCUT2D eigenvalue weighted by molar-refractivity contribution is 7.23. The molecule has 1 aliphatic rings. The van der Waals surface area contributed by atoms with E-state index in [1.54, 1.807) is 34.8 Å². The molecule has 2 aromatic carbocycles. The Morgan fingerprint density at radius 1 is 0.933 bits per heavy atom. The van der Waals surface area contributed by atoms with Gasteiger partial charge in [-0.15, -0.1) is 22.7 Å². The van der Waals surface area contributed by atoms with Crippen molar-refractivity contribution >= 4 is 50.0 Å². The number of anilines is 2. The van der Waals surface area contributed by atoms with Crippen molar-refractivity contribution in [2.24, 2.45) is 0 Å². The number of rotatable bonds is 3. The lowest BCUT2D eigenvalue weighted by Crippen LogP contribution is -1.98.